The van der Waals surface area contributed by atoms with Gasteiger partial charge >= 0.3 is 0 Å². The van der Waals surface area contributed by atoms with Gasteiger partial charge in [0, 0.05) is 23.0 Å². The van der Waals surface area contributed by atoms with Gasteiger partial charge in [-0.15, -0.1) is 10.2 Å². The molecule has 1 N–H and O–H groups in total. The van der Waals surface area contributed by atoms with Crippen molar-refractivity contribution in [2.75, 3.05) is 5.75 Å². The van der Waals surface area contributed by atoms with Gasteiger partial charge in [-0.1, -0.05) is 71.9 Å². The predicted molar refractivity (Wildman–Crippen MR) is 128 cm³/mol. The number of nitrogens with one attached hydrogen (secondary N) is 1. The molecule has 162 valence electrons. The van der Waals surface area contributed by atoms with Crippen LogP contribution in [0.2, 0.25) is 5.02 Å². The fraction of sp³-hybridized carbons (Fsp3) is 0.167. The average Bonchev–Trinajstić information content (AvgIpc) is 3.21. The molecule has 4 rings (SSSR count). The number of hydrogen-bond acceptors (Lipinski definition) is 5. The van der Waals surface area contributed by atoms with Gasteiger partial charge in [0.25, 0.3) is 0 Å². The van der Waals surface area contributed by atoms with Gasteiger partial charge in [-0.3, -0.25) is 14.3 Å². The highest BCUT2D eigenvalue weighted by molar-refractivity contribution is 7.99. The first kappa shape index (κ1) is 22.0. The van der Waals surface area contributed by atoms with Crippen molar-refractivity contribution in [2.45, 2.75) is 24.7 Å². The summed E-state index contributed by atoms with van der Waals surface area (Å²) in [7, 11) is 0. The summed E-state index contributed by atoms with van der Waals surface area (Å²) in [6.07, 6.45) is 3.49. The highest BCUT2D eigenvalue weighted by Crippen LogP contribution is 2.26. The smallest absolute Gasteiger partial charge is 0.230 e. The van der Waals surface area contributed by atoms with Crippen LogP contribution in [0, 0.1) is 0 Å². The third-order valence-corrected chi connectivity index (χ3v) is 6.21. The van der Waals surface area contributed by atoms with Crippen LogP contribution in [0.1, 0.15) is 24.1 Å². The predicted octanol–water partition coefficient (Wildman–Crippen LogP) is 5.01. The largest absolute Gasteiger partial charge is 0.349 e. The number of nitrogens with zero attached hydrogens (tertiary/aromatic N) is 4. The number of amides is 1. The number of rotatable bonds is 8. The Kier molecular flexibility index (Phi) is 7.19. The third-order valence-electron chi connectivity index (χ3n) is 4.90. The molecule has 1 amide bonds. The van der Waals surface area contributed by atoms with E-state index in [0.717, 1.165) is 16.7 Å². The van der Waals surface area contributed by atoms with Crippen LogP contribution >= 0.6 is 23.4 Å². The van der Waals surface area contributed by atoms with Crippen LogP contribution < -0.4 is 5.32 Å². The molecule has 4 aromatic rings. The molecule has 2 aromatic carbocycles. The summed E-state index contributed by atoms with van der Waals surface area (Å²) >= 11 is 7.61. The second kappa shape index (κ2) is 10.4. The van der Waals surface area contributed by atoms with Crippen molar-refractivity contribution in [1.29, 1.82) is 0 Å². The summed E-state index contributed by atoms with van der Waals surface area (Å²) in [5.41, 5.74) is 2.88. The molecule has 0 saturated carbocycles. The molecule has 0 radical (unpaired) electrons. The summed E-state index contributed by atoms with van der Waals surface area (Å²) in [4.78, 5) is 16.8. The van der Waals surface area contributed by atoms with E-state index >= 15 is 0 Å². The van der Waals surface area contributed by atoms with Gasteiger partial charge < -0.3 is 5.32 Å². The zero-order valence-corrected chi connectivity index (χ0v) is 19.1. The Hall–Kier alpha value is -3.16. The van der Waals surface area contributed by atoms with E-state index in [1.807, 2.05) is 66.1 Å². The highest BCUT2D eigenvalue weighted by Gasteiger charge is 2.18. The SMILES string of the molecule is CC(NC(=O)CSc1nnc(-c2cccnc2)n1Cc1ccccc1)c1ccccc1Cl. The van der Waals surface area contributed by atoms with Crippen LogP contribution in [0.15, 0.2) is 84.3 Å². The maximum Gasteiger partial charge on any atom is 0.230 e. The third kappa shape index (κ3) is 5.36. The summed E-state index contributed by atoms with van der Waals surface area (Å²) in [5, 5.41) is 13.1. The molecular weight excluding hydrogens is 442 g/mol. The van der Waals surface area contributed by atoms with E-state index in [4.69, 9.17) is 11.6 Å². The van der Waals surface area contributed by atoms with Crippen molar-refractivity contribution in [3.63, 3.8) is 0 Å². The van der Waals surface area contributed by atoms with Crippen molar-refractivity contribution < 1.29 is 4.79 Å². The van der Waals surface area contributed by atoms with E-state index in [1.54, 1.807) is 12.4 Å². The lowest BCUT2D eigenvalue weighted by molar-refractivity contribution is -0.119. The van der Waals surface area contributed by atoms with Crippen molar-refractivity contribution in [1.82, 2.24) is 25.1 Å². The van der Waals surface area contributed by atoms with Gasteiger partial charge in [-0.2, -0.15) is 0 Å². The average molecular weight is 464 g/mol. The molecule has 0 bridgehead atoms. The van der Waals surface area contributed by atoms with Crippen LogP contribution in [0.3, 0.4) is 0 Å². The summed E-state index contributed by atoms with van der Waals surface area (Å²) in [5.74, 6) is 0.836. The zero-order valence-electron chi connectivity index (χ0n) is 17.5. The van der Waals surface area contributed by atoms with E-state index in [-0.39, 0.29) is 17.7 Å². The molecular formula is C24H22ClN5OS. The second-order valence-electron chi connectivity index (χ2n) is 7.22. The molecule has 8 heteroatoms. The zero-order chi connectivity index (χ0) is 22.3. The van der Waals surface area contributed by atoms with Gasteiger partial charge in [0.2, 0.25) is 5.91 Å². The Balaban J connectivity index is 1.50. The number of benzene rings is 2. The van der Waals surface area contributed by atoms with Gasteiger partial charge in [0.1, 0.15) is 0 Å². The lowest BCUT2D eigenvalue weighted by atomic mass is 10.1. The molecule has 6 nitrogen and oxygen atoms in total. The number of aromatic nitrogens is 4. The summed E-state index contributed by atoms with van der Waals surface area (Å²) in [6.45, 7) is 2.51. The molecule has 1 unspecified atom stereocenters. The minimum Gasteiger partial charge on any atom is -0.349 e. The van der Waals surface area contributed by atoms with E-state index in [0.29, 0.717) is 22.5 Å². The van der Waals surface area contributed by atoms with Crippen LogP contribution in [-0.4, -0.2) is 31.4 Å². The first-order valence-corrected chi connectivity index (χ1v) is 11.5. The maximum atomic E-state index is 12.6. The van der Waals surface area contributed by atoms with Gasteiger partial charge in [0.15, 0.2) is 11.0 Å². The maximum absolute atomic E-state index is 12.6. The van der Waals surface area contributed by atoms with Crippen molar-refractivity contribution in [3.8, 4) is 11.4 Å². The van der Waals surface area contributed by atoms with Crippen LogP contribution in [-0.2, 0) is 11.3 Å². The molecule has 2 aromatic heterocycles. The first-order chi connectivity index (χ1) is 15.6. The second-order valence-corrected chi connectivity index (χ2v) is 8.57. The highest BCUT2D eigenvalue weighted by atomic mass is 35.5. The number of pyridine rings is 1. The topological polar surface area (TPSA) is 72.7 Å². The van der Waals surface area contributed by atoms with E-state index in [9.17, 15) is 4.79 Å². The van der Waals surface area contributed by atoms with Gasteiger partial charge in [0.05, 0.1) is 18.3 Å². The first-order valence-electron chi connectivity index (χ1n) is 10.2. The number of thioether (sulfide) groups is 1. The van der Waals surface area contributed by atoms with Crippen molar-refractivity contribution in [2.24, 2.45) is 0 Å². The number of halogens is 1. The Labute approximate surface area is 196 Å². The quantitative estimate of drug-likeness (QED) is 0.372. The Morgan fingerprint density at radius 2 is 1.84 bits per heavy atom. The van der Waals surface area contributed by atoms with Crippen LogP contribution in [0.25, 0.3) is 11.4 Å². The van der Waals surface area contributed by atoms with Crippen LogP contribution in [0.4, 0.5) is 0 Å². The standard InChI is InChI=1S/C24H22ClN5OS/c1-17(20-11-5-6-12-21(20)25)27-22(31)16-32-24-29-28-23(19-10-7-13-26-14-19)30(24)15-18-8-3-2-4-9-18/h2-14,17H,15-16H2,1H3,(H,27,31). The molecule has 1 atom stereocenters. The van der Waals surface area contributed by atoms with E-state index in [1.165, 1.54) is 11.8 Å². The number of carbonyl (C=O) groups excluding carboxylic acids is 1. The minimum absolute atomic E-state index is 0.0976. The molecule has 0 spiro atoms. The molecule has 0 aliphatic carbocycles. The Morgan fingerprint density at radius 1 is 1.06 bits per heavy atom. The minimum atomic E-state index is -0.190. The molecule has 0 aliphatic heterocycles. The fourth-order valence-corrected chi connectivity index (χ4v) is 4.38. The molecule has 0 saturated heterocycles. The monoisotopic (exact) mass is 463 g/mol. The van der Waals surface area contributed by atoms with E-state index < -0.39 is 0 Å². The van der Waals surface area contributed by atoms with Crippen molar-refractivity contribution >= 4 is 29.3 Å². The normalized spacial score (nSPS) is 11.8. The van der Waals surface area contributed by atoms with Gasteiger partial charge in [-0.05, 0) is 36.2 Å². The van der Waals surface area contributed by atoms with Gasteiger partial charge in [-0.25, -0.2) is 0 Å². The summed E-state index contributed by atoms with van der Waals surface area (Å²) < 4.78 is 2.02. The molecule has 0 aliphatic rings. The molecule has 32 heavy (non-hydrogen) atoms. The lowest BCUT2D eigenvalue weighted by Crippen LogP contribution is -2.28. The Morgan fingerprint density at radius 3 is 2.59 bits per heavy atom. The van der Waals surface area contributed by atoms with Crippen molar-refractivity contribution in [3.05, 3.63) is 95.3 Å². The Bertz CT molecular complexity index is 1180. The van der Waals surface area contributed by atoms with E-state index in [2.05, 4.69) is 32.6 Å². The number of carbonyl (C=O) groups is 1. The summed E-state index contributed by atoms with van der Waals surface area (Å²) in [6, 6.07) is 21.2. The lowest BCUT2D eigenvalue weighted by Gasteiger charge is -2.15. The number of hydrogen-bond donors (Lipinski definition) is 1. The molecule has 2 heterocycles. The van der Waals surface area contributed by atoms with Crippen LogP contribution in [0.5, 0.6) is 0 Å². The fourth-order valence-electron chi connectivity index (χ4n) is 3.33. The molecule has 0 fully saturated rings.